The molecule has 1 fully saturated rings. The quantitative estimate of drug-likeness (QED) is 0.815. The van der Waals surface area contributed by atoms with E-state index in [1.54, 1.807) is 25.1 Å². The van der Waals surface area contributed by atoms with Crippen LogP contribution in [0.2, 0.25) is 0 Å². The molecule has 1 aromatic carbocycles. The molecule has 7 heteroatoms. The van der Waals surface area contributed by atoms with Crippen molar-refractivity contribution in [2.75, 3.05) is 6.54 Å². The van der Waals surface area contributed by atoms with Crippen LogP contribution in [0.25, 0.3) is 11.1 Å². The number of imide groups is 1. The zero-order valence-corrected chi connectivity index (χ0v) is 14.7. The first-order chi connectivity index (χ1) is 11.8. The van der Waals surface area contributed by atoms with Crippen LogP contribution in [0.1, 0.15) is 33.6 Å². The van der Waals surface area contributed by atoms with Crippen molar-refractivity contribution < 1.29 is 14.0 Å². The van der Waals surface area contributed by atoms with Gasteiger partial charge in [0.25, 0.3) is 5.91 Å². The zero-order chi connectivity index (χ0) is 18.2. The van der Waals surface area contributed by atoms with Crippen LogP contribution in [0.15, 0.2) is 33.5 Å². The van der Waals surface area contributed by atoms with E-state index < -0.39 is 17.3 Å². The molecule has 1 atom stereocenters. The number of urea groups is 1. The van der Waals surface area contributed by atoms with Gasteiger partial charge >= 0.3 is 11.8 Å². The smallest absolute Gasteiger partial charge is 0.408 e. The minimum atomic E-state index is -0.870. The van der Waals surface area contributed by atoms with E-state index >= 15 is 0 Å². The van der Waals surface area contributed by atoms with E-state index in [1.165, 1.54) is 9.47 Å². The highest BCUT2D eigenvalue weighted by Crippen LogP contribution is 2.24. The Morgan fingerprint density at radius 3 is 2.60 bits per heavy atom. The number of amides is 3. The van der Waals surface area contributed by atoms with Crippen LogP contribution in [-0.4, -0.2) is 33.5 Å². The number of aromatic nitrogens is 1. The van der Waals surface area contributed by atoms with Gasteiger partial charge in [0.05, 0.1) is 5.52 Å². The zero-order valence-electron chi connectivity index (χ0n) is 14.7. The van der Waals surface area contributed by atoms with Gasteiger partial charge in [-0.3, -0.25) is 14.3 Å². The second kappa shape index (κ2) is 6.38. The molecule has 1 saturated heterocycles. The van der Waals surface area contributed by atoms with Gasteiger partial charge in [-0.05, 0) is 37.8 Å². The summed E-state index contributed by atoms with van der Waals surface area (Å²) in [5.74, 6) is -0.277. The Morgan fingerprint density at radius 1 is 1.16 bits per heavy atom. The first-order valence-corrected chi connectivity index (χ1v) is 8.54. The maximum absolute atomic E-state index is 12.7. The molecule has 2 heterocycles. The number of carbonyl (C=O) groups excluding carboxylic acids is 2. The van der Waals surface area contributed by atoms with Gasteiger partial charge in [-0.1, -0.05) is 26.0 Å². The Morgan fingerprint density at radius 2 is 1.88 bits per heavy atom. The fourth-order valence-electron chi connectivity index (χ4n) is 3.12. The molecule has 1 unspecified atom stereocenters. The highest BCUT2D eigenvalue weighted by atomic mass is 16.4. The molecule has 134 valence electrons. The van der Waals surface area contributed by atoms with Crippen molar-refractivity contribution in [3.8, 4) is 0 Å². The summed E-state index contributed by atoms with van der Waals surface area (Å²) >= 11 is 0. The molecular weight excluding hydrogens is 322 g/mol. The predicted octanol–water partition coefficient (Wildman–Crippen LogP) is 2.34. The van der Waals surface area contributed by atoms with Gasteiger partial charge in [0.15, 0.2) is 5.58 Å². The van der Waals surface area contributed by atoms with Gasteiger partial charge in [0.1, 0.15) is 5.54 Å². The molecule has 1 aromatic heterocycles. The molecular formula is C18H23N3O4. The lowest BCUT2D eigenvalue weighted by molar-refractivity contribution is -0.131. The monoisotopic (exact) mass is 345 g/mol. The Hall–Kier alpha value is -2.57. The van der Waals surface area contributed by atoms with Crippen LogP contribution >= 0.6 is 0 Å². The van der Waals surface area contributed by atoms with Gasteiger partial charge in [-0.15, -0.1) is 0 Å². The Bertz CT molecular complexity index is 867. The lowest BCUT2D eigenvalue weighted by Gasteiger charge is -2.22. The first-order valence-electron chi connectivity index (χ1n) is 8.54. The van der Waals surface area contributed by atoms with Crippen molar-refractivity contribution in [1.82, 2.24) is 14.8 Å². The minimum absolute atomic E-state index is 0.130. The van der Waals surface area contributed by atoms with Crippen molar-refractivity contribution in [3.63, 3.8) is 0 Å². The molecule has 0 saturated carbocycles. The van der Waals surface area contributed by atoms with Crippen LogP contribution in [0.5, 0.6) is 0 Å². The molecule has 25 heavy (non-hydrogen) atoms. The molecule has 7 nitrogen and oxygen atoms in total. The van der Waals surface area contributed by atoms with Crippen molar-refractivity contribution >= 4 is 23.0 Å². The van der Waals surface area contributed by atoms with Crippen LogP contribution < -0.4 is 11.1 Å². The normalized spacial score (nSPS) is 20.7. The average Bonchev–Trinajstić information content (AvgIpc) is 2.98. The fraction of sp³-hybridized carbons (Fsp3) is 0.500. The van der Waals surface area contributed by atoms with Crippen LogP contribution in [0.4, 0.5) is 4.79 Å². The molecule has 0 aliphatic carbocycles. The number of para-hydroxylation sites is 2. The standard InChI is InChI=1S/C18H23N3O4/c1-12(2)8-9-18(3)15(22)21(16(23)19-18)11-10-20-13-6-4-5-7-14(13)25-17(20)24/h4-7,12H,8-11H2,1-3H3,(H,19,23). The second-order valence-electron chi connectivity index (χ2n) is 7.14. The second-order valence-corrected chi connectivity index (χ2v) is 7.14. The maximum Gasteiger partial charge on any atom is 0.420 e. The van der Waals surface area contributed by atoms with Crippen molar-refractivity contribution in [1.29, 1.82) is 0 Å². The van der Waals surface area contributed by atoms with E-state index in [4.69, 9.17) is 4.42 Å². The predicted molar refractivity (Wildman–Crippen MR) is 93.2 cm³/mol. The highest BCUT2D eigenvalue weighted by Gasteiger charge is 2.47. The van der Waals surface area contributed by atoms with Gasteiger partial charge < -0.3 is 9.73 Å². The molecule has 0 spiro atoms. The van der Waals surface area contributed by atoms with Gasteiger partial charge in [-0.25, -0.2) is 9.59 Å². The number of nitrogens with one attached hydrogen (secondary N) is 1. The summed E-state index contributed by atoms with van der Waals surface area (Å²) in [4.78, 5) is 38.1. The molecule has 1 aliphatic rings. The lowest BCUT2D eigenvalue weighted by Crippen LogP contribution is -2.44. The summed E-state index contributed by atoms with van der Waals surface area (Å²) in [5.41, 5.74) is 0.277. The number of hydrogen-bond donors (Lipinski definition) is 1. The molecule has 2 aromatic rings. The number of rotatable bonds is 6. The van der Waals surface area contributed by atoms with Crippen molar-refractivity contribution in [3.05, 3.63) is 34.8 Å². The Kier molecular flexibility index (Phi) is 4.41. The van der Waals surface area contributed by atoms with E-state index in [9.17, 15) is 14.4 Å². The van der Waals surface area contributed by atoms with Crippen LogP contribution in [0, 0.1) is 5.92 Å². The van der Waals surface area contributed by atoms with E-state index in [2.05, 4.69) is 19.2 Å². The molecule has 0 radical (unpaired) electrons. The van der Waals surface area contributed by atoms with Gasteiger partial charge in [0.2, 0.25) is 0 Å². The molecule has 0 bridgehead atoms. The summed E-state index contributed by atoms with van der Waals surface area (Å²) in [6.07, 6.45) is 1.45. The summed E-state index contributed by atoms with van der Waals surface area (Å²) < 4.78 is 6.62. The molecule has 1 aliphatic heterocycles. The summed E-state index contributed by atoms with van der Waals surface area (Å²) in [6.45, 7) is 6.26. The summed E-state index contributed by atoms with van der Waals surface area (Å²) in [5, 5.41) is 2.79. The van der Waals surface area contributed by atoms with E-state index in [1.807, 2.05) is 6.07 Å². The Balaban J connectivity index is 1.75. The summed E-state index contributed by atoms with van der Waals surface area (Å²) in [6, 6.07) is 6.68. The average molecular weight is 345 g/mol. The third kappa shape index (κ3) is 3.18. The number of hydrogen-bond acceptors (Lipinski definition) is 4. The minimum Gasteiger partial charge on any atom is -0.408 e. The third-order valence-electron chi connectivity index (χ3n) is 4.69. The maximum atomic E-state index is 12.7. The third-order valence-corrected chi connectivity index (χ3v) is 4.69. The lowest BCUT2D eigenvalue weighted by atomic mass is 9.92. The van der Waals surface area contributed by atoms with E-state index in [0.29, 0.717) is 23.4 Å². The van der Waals surface area contributed by atoms with Gasteiger partial charge in [0, 0.05) is 13.1 Å². The van der Waals surface area contributed by atoms with Crippen molar-refractivity contribution in [2.24, 2.45) is 5.92 Å². The van der Waals surface area contributed by atoms with E-state index in [-0.39, 0.29) is 19.0 Å². The number of fused-ring (bicyclic) bond motifs is 1. The van der Waals surface area contributed by atoms with Crippen molar-refractivity contribution in [2.45, 2.75) is 45.7 Å². The Labute approximate surface area is 145 Å². The molecule has 3 amide bonds. The van der Waals surface area contributed by atoms with Crippen LogP contribution in [0.3, 0.4) is 0 Å². The largest absolute Gasteiger partial charge is 0.420 e. The molecule has 1 N–H and O–H groups in total. The number of oxazole rings is 1. The number of benzene rings is 1. The molecule has 3 rings (SSSR count). The fourth-order valence-corrected chi connectivity index (χ4v) is 3.12. The van der Waals surface area contributed by atoms with Gasteiger partial charge in [-0.2, -0.15) is 0 Å². The topological polar surface area (TPSA) is 84.6 Å². The van der Waals surface area contributed by atoms with Crippen LogP contribution in [-0.2, 0) is 11.3 Å². The SMILES string of the molecule is CC(C)CCC1(C)NC(=O)N(CCn2c(=O)oc3ccccc32)C1=O. The highest BCUT2D eigenvalue weighted by molar-refractivity contribution is 6.06. The van der Waals surface area contributed by atoms with E-state index in [0.717, 1.165) is 6.42 Å². The first kappa shape index (κ1) is 17.3. The number of nitrogens with zero attached hydrogens (tertiary/aromatic N) is 2. The number of carbonyl (C=O) groups is 2. The summed E-state index contributed by atoms with van der Waals surface area (Å²) in [7, 11) is 0.